The molecule has 0 saturated carbocycles. The number of hydrogen-bond donors (Lipinski definition) is 4. The summed E-state index contributed by atoms with van der Waals surface area (Å²) in [5, 5.41) is 51.9. The van der Waals surface area contributed by atoms with Crippen LogP contribution < -0.4 is 0 Å². The highest BCUT2D eigenvalue weighted by Crippen LogP contribution is 2.41. The van der Waals surface area contributed by atoms with Gasteiger partial charge in [-0.25, -0.2) is 0 Å². The molecule has 16 heteroatoms. The van der Waals surface area contributed by atoms with E-state index < -0.39 is 108 Å². The number of esters is 2. The number of carbonyl (C=O) groups excluding carboxylic acids is 2. The lowest BCUT2D eigenvalue weighted by atomic mass is 9.73. The number of aliphatic hydroxyl groups is 4. The second kappa shape index (κ2) is 20.0. The van der Waals surface area contributed by atoms with Crippen molar-refractivity contribution in [1.82, 2.24) is 4.90 Å². The Balaban J connectivity index is 2.29. The van der Waals surface area contributed by atoms with Crippen molar-refractivity contribution >= 4 is 17.7 Å². The summed E-state index contributed by atoms with van der Waals surface area (Å²) in [7, 11) is 5.24. The van der Waals surface area contributed by atoms with E-state index in [1.165, 1.54) is 21.0 Å². The summed E-state index contributed by atoms with van der Waals surface area (Å²) >= 11 is 0. The lowest BCUT2D eigenvalue weighted by Gasteiger charge is -2.49. The maximum absolute atomic E-state index is 14.3. The summed E-state index contributed by atoms with van der Waals surface area (Å²) in [5.74, 6) is -4.56. The fraction of sp³-hybridized carbons (Fsp3) is 0.927. The van der Waals surface area contributed by atoms with Gasteiger partial charge in [0.15, 0.2) is 18.7 Å². The molecule has 3 rings (SSSR count). The second-order valence-electron chi connectivity index (χ2n) is 17.6. The molecule has 0 aromatic heterocycles. The highest BCUT2D eigenvalue weighted by Gasteiger charge is 2.54. The minimum atomic E-state index is -1.93. The number of hydrogen-bond acceptors (Lipinski definition) is 16. The fourth-order valence-electron chi connectivity index (χ4n) is 9.04. The van der Waals surface area contributed by atoms with Crippen LogP contribution in [-0.4, -0.2) is 155 Å². The first-order chi connectivity index (χ1) is 26.4. The molecule has 332 valence electrons. The van der Waals surface area contributed by atoms with E-state index in [0.717, 1.165) is 0 Å². The van der Waals surface area contributed by atoms with Gasteiger partial charge in [-0.05, 0) is 81.8 Å². The van der Waals surface area contributed by atoms with Gasteiger partial charge < -0.3 is 63.3 Å². The minimum Gasteiger partial charge on any atom is -0.459 e. The molecule has 3 aliphatic heterocycles. The maximum atomic E-state index is 14.3. The maximum Gasteiger partial charge on any atom is 0.311 e. The summed E-state index contributed by atoms with van der Waals surface area (Å²) in [6, 6.07) is -0.303. The van der Waals surface area contributed by atoms with Gasteiger partial charge in [-0.1, -0.05) is 32.9 Å². The standard InChI is InChI=1S/C41H74N2O14/c1-16-29-41(12,49)34(45)23(5)31(42-51-17-2)21(3)19-39(10,48)36(57-38-33(54-27(9)44)28(43(13)14)18-22(4)52-38)24(6)32(25(7)37(47)55-29)56-30-20-40(11,50-15)35(46)26(8)53-30/h21-26,28-30,32-36,38,45-46,48-49H,16-20H2,1-15H3/b42-31+/t21-,22-,23+,24+,25-,26+,28+,29-,30?,32+,33-,34-,35+,36-,38?,39-,40-,41-/m1/s1. The van der Waals surface area contributed by atoms with Gasteiger partial charge in [-0.15, -0.1) is 0 Å². The largest absolute Gasteiger partial charge is 0.459 e. The van der Waals surface area contributed by atoms with Crippen molar-refractivity contribution < 1.29 is 68.0 Å². The van der Waals surface area contributed by atoms with Crippen molar-refractivity contribution in [3.05, 3.63) is 0 Å². The van der Waals surface area contributed by atoms with Crippen molar-refractivity contribution in [2.75, 3.05) is 27.8 Å². The highest BCUT2D eigenvalue weighted by atomic mass is 16.7. The Morgan fingerprint density at radius 3 is 2.11 bits per heavy atom. The normalized spacial score (nSPS) is 46.3. The molecule has 3 saturated heterocycles. The predicted octanol–water partition coefficient (Wildman–Crippen LogP) is 3.18. The van der Waals surface area contributed by atoms with Gasteiger partial charge in [0.2, 0.25) is 0 Å². The Labute approximate surface area is 339 Å². The number of methoxy groups -OCH3 is 1. The topological polar surface area (TPSA) is 204 Å². The molecule has 18 atom stereocenters. The Morgan fingerprint density at radius 2 is 1.56 bits per heavy atom. The molecule has 0 aliphatic carbocycles. The van der Waals surface area contributed by atoms with Crippen LogP contribution in [0, 0.1) is 23.7 Å². The monoisotopic (exact) mass is 819 g/mol. The smallest absolute Gasteiger partial charge is 0.311 e. The van der Waals surface area contributed by atoms with Crippen molar-refractivity contribution in [3.8, 4) is 0 Å². The zero-order valence-electron chi connectivity index (χ0n) is 37.0. The lowest BCUT2D eigenvalue weighted by molar-refractivity contribution is -0.318. The number of aliphatic hydroxyl groups excluding tert-OH is 2. The van der Waals surface area contributed by atoms with Crippen LogP contribution in [0.4, 0.5) is 0 Å². The zero-order chi connectivity index (χ0) is 43.4. The number of cyclic esters (lactones) is 1. The molecular formula is C41H74N2O14. The SMILES string of the molecule is CCO/N=C1\[C@H](C)C[C@@](C)(O)[C@H](OC2O[C@H](C)C[C@H](N(C)C)[C@H]2OC(C)=O)[C@@H](C)[C@H](OC2C[C@@](C)(OC)[C@@H](O)[C@H](C)O2)[C@@H](C)C(=O)O[C@H](CC)[C@@](C)(O)[C@H](O)[C@H]1C. The Hall–Kier alpha value is -1.99. The predicted molar refractivity (Wildman–Crippen MR) is 210 cm³/mol. The third-order valence-corrected chi connectivity index (χ3v) is 12.4. The first-order valence-electron chi connectivity index (χ1n) is 20.6. The van der Waals surface area contributed by atoms with Gasteiger partial charge in [0.05, 0.1) is 59.4 Å². The molecule has 57 heavy (non-hydrogen) atoms. The molecular weight excluding hydrogens is 744 g/mol. The third-order valence-electron chi connectivity index (χ3n) is 12.4. The minimum absolute atomic E-state index is 0.00160. The number of oxime groups is 1. The molecule has 4 N–H and O–H groups in total. The van der Waals surface area contributed by atoms with E-state index in [1.54, 1.807) is 55.4 Å². The first kappa shape index (κ1) is 49.4. The van der Waals surface area contributed by atoms with Crippen LogP contribution in [-0.2, 0) is 47.6 Å². The van der Waals surface area contributed by atoms with Gasteiger partial charge >= 0.3 is 11.9 Å². The van der Waals surface area contributed by atoms with Crippen LogP contribution in [0.2, 0.25) is 0 Å². The van der Waals surface area contributed by atoms with E-state index in [9.17, 15) is 30.0 Å². The first-order valence-corrected chi connectivity index (χ1v) is 20.6. The third kappa shape index (κ3) is 11.4. The molecule has 2 unspecified atom stereocenters. The average Bonchev–Trinajstić information content (AvgIpc) is 3.12. The van der Waals surface area contributed by atoms with Gasteiger partial charge in [0.25, 0.3) is 0 Å². The van der Waals surface area contributed by atoms with Crippen LogP contribution in [0.25, 0.3) is 0 Å². The van der Waals surface area contributed by atoms with Crippen LogP contribution >= 0.6 is 0 Å². The van der Waals surface area contributed by atoms with E-state index in [2.05, 4.69) is 5.16 Å². The van der Waals surface area contributed by atoms with Crippen molar-refractivity contribution in [2.45, 2.75) is 193 Å². The van der Waals surface area contributed by atoms with Crippen LogP contribution in [0.1, 0.15) is 109 Å². The molecule has 3 fully saturated rings. The molecule has 0 radical (unpaired) electrons. The fourth-order valence-corrected chi connectivity index (χ4v) is 9.04. The zero-order valence-corrected chi connectivity index (χ0v) is 37.0. The summed E-state index contributed by atoms with van der Waals surface area (Å²) in [4.78, 5) is 34.3. The average molecular weight is 819 g/mol. The van der Waals surface area contributed by atoms with Crippen molar-refractivity contribution in [1.29, 1.82) is 0 Å². The molecule has 0 aromatic carbocycles. The summed E-state index contributed by atoms with van der Waals surface area (Å²) < 4.78 is 43.9. The van der Waals surface area contributed by atoms with E-state index in [1.807, 2.05) is 32.8 Å². The van der Waals surface area contributed by atoms with E-state index in [0.29, 0.717) is 12.1 Å². The number of rotatable bonds is 10. The molecule has 0 aromatic rings. The Morgan fingerprint density at radius 1 is 0.930 bits per heavy atom. The summed E-state index contributed by atoms with van der Waals surface area (Å²) in [5.41, 5.74) is -4.38. The number of nitrogens with zero attached hydrogens (tertiary/aromatic N) is 2. The van der Waals surface area contributed by atoms with E-state index >= 15 is 0 Å². The molecule has 16 nitrogen and oxygen atoms in total. The van der Waals surface area contributed by atoms with Gasteiger partial charge in [0, 0.05) is 38.2 Å². The van der Waals surface area contributed by atoms with Crippen LogP contribution in [0.3, 0.4) is 0 Å². The van der Waals surface area contributed by atoms with Crippen molar-refractivity contribution in [2.24, 2.45) is 28.8 Å². The lowest BCUT2D eigenvalue weighted by Crippen LogP contribution is -2.61. The molecule has 0 amide bonds. The van der Waals surface area contributed by atoms with E-state index in [-0.39, 0.29) is 38.0 Å². The quantitative estimate of drug-likeness (QED) is 0.185. The number of likely N-dealkylation sites (N-methyl/N-ethyl adjacent to an activating group) is 1. The number of ether oxygens (including phenoxy) is 7. The van der Waals surface area contributed by atoms with Crippen molar-refractivity contribution in [3.63, 3.8) is 0 Å². The van der Waals surface area contributed by atoms with Gasteiger partial charge in [0.1, 0.15) is 24.4 Å². The molecule has 0 spiro atoms. The Kier molecular flexibility index (Phi) is 17.4. The van der Waals surface area contributed by atoms with E-state index in [4.69, 9.17) is 38.0 Å². The highest BCUT2D eigenvalue weighted by molar-refractivity contribution is 5.88. The summed E-state index contributed by atoms with van der Waals surface area (Å²) in [6.07, 6.45) is -9.17. The molecule has 3 heterocycles. The van der Waals surface area contributed by atoms with Gasteiger partial charge in [-0.3, -0.25) is 9.59 Å². The summed E-state index contributed by atoms with van der Waals surface area (Å²) in [6.45, 7) is 20.4. The van der Waals surface area contributed by atoms with Crippen LogP contribution in [0.5, 0.6) is 0 Å². The molecule has 3 aliphatic rings. The Bertz CT molecular complexity index is 1350. The molecule has 0 bridgehead atoms. The van der Waals surface area contributed by atoms with Crippen LogP contribution in [0.15, 0.2) is 5.16 Å². The second-order valence-corrected chi connectivity index (χ2v) is 17.6. The van der Waals surface area contributed by atoms with Gasteiger partial charge in [-0.2, -0.15) is 0 Å². The number of carbonyl (C=O) groups is 2.